The van der Waals surface area contributed by atoms with Crippen molar-refractivity contribution in [2.75, 3.05) is 73.6 Å². The van der Waals surface area contributed by atoms with Crippen LogP contribution in [0.5, 0.6) is 0 Å². The number of likely N-dealkylation sites (tertiary alicyclic amines) is 3. The molecule has 3 fully saturated rings. The van der Waals surface area contributed by atoms with Crippen LogP contribution in [0.15, 0.2) is 0 Å². The van der Waals surface area contributed by atoms with E-state index in [9.17, 15) is 4.79 Å². The number of carbonyl (C=O) groups excluding carboxylic acids is 1. The Hall–Kier alpha value is 1.35. The quantitative estimate of drug-likeness (QED) is 0.332. The summed E-state index contributed by atoms with van der Waals surface area (Å²) in [5.74, 6) is -0.180. The molecular weight excluding hydrogens is 671 g/mol. The van der Waals surface area contributed by atoms with Gasteiger partial charge in [0.1, 0.15) is 0 Å². The van der Waals surface area contributed by atoms with Crippen molar-refractivity contribution in [3.8, 4) is 0 Å². The van der Waals surface area contributed by atoms with Crippen molar-refractivity contribution in [2.24, 2.45) is 16.2 Å². The summed E-state index contributed by atoms with van der Waals surface area (Å²) in [4.78, 5) is 17.3. The molecule has 0 radical (unpaired) electrons. The van der Waals surface area contributed by atoms with E-state index in [1.165, 1.54) is 26.4 Å². The molecule has 0 aromatic carbocycles. The Morgan fingerprint density at radius 3 is 1.38 bits per heavy atom. The van der Waals surface area contributed by atoms with Crippen LogP contribution in [0.4, 0.5) is 0 Å². The van der Waals surface area contributed by atoms with E-state index >= 15 is 0 Å². The molecule has 0 aromatic heterocycles. The molecule has 0 bridgehead atoms. The topological polar surface area (TPSA) is 56.2 Å². The molecule has 3 saturated heterocycles. The average Bonchev–Trinajstić information content (AvgIpc) is 2.58. The van der Waals surface area contributed by atoms with Gasteiger partial charge in [0.05, 0.1) is 13.2 Å². The predicted octanol–water partition coefficient (Wildman–Crippen LogP) is 4.82. The van der Waals surface area contributed by atoms with Crippen LogP contribution in [0.25, 0.3) is 0 Å². The predicted molar refractivity (Wildman–Crippen MR) is 152 cm³/mol. The van der Waals surface area contributed by atoms with Crippen LogP contribution < -0.4 is 0 Å². The third-order valence-electron chi connectivity index (χ3n) is 5.77. The summed E-state index contributed by atoms with van der Waals surface area (Å²) in [6, 6.07) is 0. The number of halogens is 2. The van der Waals surface area contributed by atoms with Gasteiger partial charge in [0.2, 0.25) is 0 Å². The van der Waals surface area contributed by atoms with Gasteiger partial charge in [0.25, 0.3) is 0 Å². The van der Waals surface area contributed by atoms with E-state index in [0.29, 0.717) is 28.1 Å². The molecule has 0 saturated carbocycles. The Kier molecular flexibility index (Phi) is 21.0. The third-order valence-corrected chi connectivity index (χ3v) is 5.77. The van der Waals surface area contributed by atoms with Crippen LogP contribution in [0.2, 0.25) is 0 Å². The Labute approximate surface area is 228 Å². The van der Waals surface area contributed by atoms with Gasteiger partial charge < -0.3 is 24.5 Å². The first-order chi connectivity index (χ1) is 13.8. The number of hydrogen-bond acceptors (Lipinski definition) is 6. The van der Waals surface area contributed by atoms with Crippen LogP contribution in [-0.4, -0.2) is 99.4 Å². The summed E-state index contributed by atoms with van der Waals surface area (Å²) in [5, 5.41) is 8.74. The van der Waals surface area contributed by atoms with Gasteiger partial charge in [-0.1, -0.05) is 42.5 Å². The van der Waals surface area contributed by atoms with E-state index in [1.807, 2.05) is 0 Å². The van der Waals surface area contributed by atoms with Gasteiger partial charge in [-0.25, -0.2) is 0 Å². The van der Waals surface area contributed by atoms with Crippen molar-refractivity contribution in [3.63, 3.8) is 0 Å². The monoisotopic (exact) mass is 722 g/mol. The fourth-order valence-electron chi connectivity index (χ4n) is 4.46. The minimum absolute atomic E-state index is 0. The first-order valence-electron chi connectivity index (χ1n) is 10.5. The van der Waals surface area contributed by atoms with E-state index in [-0.39, 0.29) is 31.7 Å². The SMILES string of the molecule is C.C.CC(=O)OCC1(C)CN(C)C1.CCC1(C)CN(C)C1.CN1CC(C)(CO)C1.[I][V][I]. The van der Waals surface area contributed by atoms with Crippen molar-refractivity contribution in [1.82, 2.24) is 14.7 Å². The molecule has 3 aliphatic rings. The molecule has 0 atom stereocenters. The van der Waals surface area contributed by atoms with E-state index in [0.717, 1.165) is 26.2 Å². The average molecular weight is 722 g/mol. The molecule has 0 amide bonds. The van der Waals surface area contributed by atoms with Crippen LogP contribution in [0.1, 0.15) is 55.9 Å². The molecule has 6 nitrogen and oxygen atoms in total. The van der Waals surface area contributed by atoms with E-state index in [1.54, 1.807) is 0 Å². The fourth-order valence-corrected chi connectivity index (χ4v) is 4.46. The number of aliphatic hydroxyl groups is 1. The number of aliphatic hydroxyl groups excluding tert-OH is 1. The number of rotatable bonds is 4. The Morgan fingerprint density at radius 1 is 0.875 bits per heavy atom. The summed E-state index contributed by atoms with van der Waals surface area (Å²) in [5.41, 5.74) is 1.09. The zero-order valence-corrected chi connectivity index (χ0v) is 25.9. The van der Waals surface area contributed by atoms with Crippen molar-refractivity contribution in [3.05, 3.63) is 0 Å². The summed E-state index contributed by atoms with van der Waals surface area (Å²) < 4.78 is 4.93. The van der Waals surface area contributed by atoms with Gasteiger partial charge in [0, 0.05) is 57.0 Å². The molecule has 3 rings (SSSR count). The van der Waals surface area contributed by atoms with Gasteiger partial charge >= 0.3 is 55.4 Å². The Bertz CT molecular complexity index is 473. The van der Waals surface area contributed by atoms with Gasteiger partial charge in [-0.05, 0) is 33.0 Å². The molecule has 32 heavy (non-hydrogen) atoms. The van der Waals surface area contributed by atoms with Crippen molar-refractivity contribution in [1.29, 1.82) is 0 Å². The molecule has 3 aliphatic heterocycles. The second-order valence-electron chi connectivity index (χ2n) is 10.3. The third kappa shape index (κ3) is 15.4. The zero-order valence-electron chi connectivity index (χ0n) is 20.2. The number of nitrogens with zero attached hydrogens (tertiary/aromatic N) is 3. The van der Waals surface area contributed by atoms with Crippen molar-refractivity contribution >= 4 is 45.9 Å². The molecule has 0 unspecified atom stereocenters. The number of carbonyl (C=O) groups is 1. The van der Waals surface area contributed by atoms with Crippen molar-refractivity contribution < 1.29 is 24.1 Å². The molecule has 3 heterocycles. The normalized spacial score (nSPS) is 21.8. The van der Waals surface area contributed by atoms with E-state index in [2.05, 4.69) is 103 Å². The van der Waals surface area contributed by atoms with Gasteiger partial charge in [-0.2, -0.15) is 0 Å². The molecular formula is C23H51I2N3O3V. The Morgan fingerprint density at radius 2 is 1.19 bits per heavy atom. The van der Waals surface area contributed by atoms with Crippen molar-refractivity contribution in [2.45, 2.75) is 55.9 Å². The summed E-state index contributed by atoms with van der Waals surface area (Å²) >= 11 is 4.74. The van der Waals surface area contributed by atoms with Crippen LogP contribution >= 0.6 is 40.0 Å². The fraction of sp³-hybridized carbons (Fsp3) is 0.957. The number of ether oxygens (including phenoxy) is 1. The molecule has 0 spiro atoms. The van der Waals surface area contributed by atoms with E-state index in [4.69, 9.17) is 9.84 Å². The molecule has 0 aliphatic carbocycles. The maximum absolute atomic E-state index is 10.5. The standard InChI is InChI=1S/C8H15NO2.C7H15N.C6H13NO.2CH4.2HI.V/c1-7(10)11-6-8(2)4-9(3)5-8;1-4-7(2)5-8(3)6-7;1-6(5-8)3-7(2)4-6;;;;;/h4-6H2,1-3H3;4-6H2,1-3H3;8H,3-5H2,1-2H3;2*1H4;2*1H;/q;;;;;;;+2/p-2. The van der Waals surface area contributed by atoms with Gasteiger partial charge in [0.15, 0.2) is 0 Å². The van der Waals surface area contributed by atoms with E-state index < -0.39 is 0 Å². The van der Waals surface area contributed by atoms with Crippen LogP contribution in [0.3, 0.4) is 0 Å². The minimum atomic E-state index is -0.180. The molecule has 9 heteroatoms. The summed E-state index contributed by atoms with van der Waals surface area (Å²) in [6.45, 7) is 17.9. The first-order valence-corrected chi connectivity index (χ1v) is 19.5. The van der Waals surface area contributed by atoms with Crippen LogP contribution in [-0.2, 0) is 19.0 Å². The zero-order chi connectivity index (χ0) is 23.6. The number of esters is 1. The Balaban J connectivity index is -0.000000365. The first kappa shape index (κ1) is 37.9. The molecule has 1 N–H and O–H groups in total. The van der Waals surface area contributed by atoms with Crippen LogP contribution in [0, 0.1) is 16.2 Å². The van der Waals surface area contributed by atoms with Gasteiger partial charge in [-0.15, -0.1) is 0 Å². The number of hydrogen-bond donors (Lipinski definition) is 1. The maximum atomic E-state index is 10.5. The second-order valence-corrected chi connectivity index (χ2v) is 22.1. The molecule has 195 valence electrons. The summed E-state index contributed by atoms with van der Waals surface area (Å²) in [6.07, 6.45) is 1.33. The summed E-state index contributed by atoms with van der Waals surface area (Å²) in [7, 11) is 6.94. The molecule has 0 aromatic rings. The second kappa shape index (κ2) is 17.7. The van der Waals surface area contributed by atoms with Gasteiger partial charge in [-0.3, -0.25) is 4.79 Å².